The molecular weight excluding hydrogens is 424 g/mol. The van der Waals surface area contributed by atoms with Crippen LogP contribution in [-0.4, -0.2) is 74.8 Å². The number of carbonyl (C=O) groups is 1. The quantitative estimate of drug-likeness (QED) is 0.561. The molecule has 2 saturated heterocycles. The van der Waals surface area contributed by atoms with Crippen LogP contribution in [0.2, 0.25) is 0 Å². The maximum atomic E-state index is 12.9. The average Bonchev–Trinajstić information content (AvgIpc) is 3.49. The van der Waals surface area contributed by atoms with Gasteiger partial charge in [-0.3, -0.25) is 4.79 Å². The van der Waals surface area contributed by atoms with Crippen LogP contribution in [0.3, 0.4) is 0 Å². The summed E-state index contributed by atoms with van der Waals surface area (Å²) in [5.74, 6) is 2.00. The van der Waals surface area contributed by atoms with E-state index >= 15 is 0 Å². The number of hydrogen-bond donors (Lipinski definition) is 0. The third kappa shape index (κ3) is 4.22. The van der Waals surface area contributed by atoms with Crippen LogP contribution < -0.4 is 9.47 Å². The Bertz CT molecular complexity index is 1130. The average molecular weight is 453 g/mol. The third-order valence-corrected chi connectivity index (χ3v) is 6.32. The Hall–Kier alpha value is -3.27. The Balaban J connectivity index is 1.36. The highest BCUT2D eigenvalue weighted by atomic mass is 16.5. The lowest BCUT2D eigenvalue weighted by molar-refractivity contribution is -0.137. The van der Waals surface area contributed by atoms with Crippen LogP contribution in [0.5, 0.6) is 11.8 Å². The number of hydrogen-bond acceptors (Lipinski definition) is 8. The topological polar surface area (TPSA) is 104 Å². The van der Waals surface area contributed by atoms with Gasteiger partial charge in [0.1, 0.15) is 18.3 Å². The predicted molar refractivity (Wildman–Crippen MR) is 120 cm³/mol. The number of imidazole rings is 1. The summed E-state index contributed by atoms with van der Waals surface area (Å²) in [5.41, 5.74) is 2.18. The van der Waals surface area contributed by atoms with Crippen LogP contribution in [0, 0.1) is 5.92 Å². The molecule has 1 amide bonds. The van der Waals surface area contributed by atoms with Crippen molar-refractivity contribution in [3.63, 3.8) is 0 Å². The van der Waals surface area contributed by atoms with Crippen molar-refractivity contribution in [1.29, 1.82) is 0 Å². The first-order valence-electron chi connectivity index (χ1n) is 11.4. The smallest absolute Gasteiger partial charge is 0.245 e. The summed E-state index contributed by atoms with van der Waals surface area (Å²) in [6.45, 7) is 5.31. The van der Waals surface area contributed by atoms with Crippen molar-refractivity contribution in [2.24, 2.45) is 5.92 Å². The largest absolute Gasteiger partial charge is 0.481 e. The molecule has 0 saturated carbocycles. The molecule has 10 heteroatoms. The molecule has 0 spiro atoms. The minimum absolute atomic E-state index is 0.0594. The van der Waals surface area contributed by atoms with E-state index in [2.05, 4.69) is 15.0 Å². The molecule has 2 fully saturated rings. The summed E-state index contributed by atoms with van der Waals surface area (Å²) < 4.78 is 18.8. The number of methoxy groups -OCH3 is 1. The Morgan fingerprint density at radius 1 is 1.18 bits per heavy atom. The minimum Gasteiger partial charge on any atom is -0.481 e. The van der Waals surface area contributed by atoms with Crippen LogP contribution in [0.25, 0.3) is 22.6 Å². The van der Waals surface area contributed by atoms with Gasteiger partial charge in [0.15, 0.2) is 11.2 Å². The summed E-state index contributed by atoms with van der Waals surface area (Å²) in [6.07, 6.45) is 5.47. The fourth-order valence-corrected chi connectivity index (χ4v) is 4.54. The Morgan fingerprint density at radius 3 is 2.76 bits per heavy atom. The molecule has 5 heterocycles. The van der Waals surface area contributed by atoms with E-state index in [0.29, 0.717) is 55.8 Å². The van der Waals surface area contributed by atoms with Gasteiger partial charge in [0.2, 0.25) is 17.7 Å². The number of fused-ring (bicyclic) bond motifs is 1. The van der Waals surface area contributed by atoms with E-state index < -0.39 is 0 Å². The SMILES string of the molecule is CCn1c(-c2ccc(OC)nc2)nc2c(OC3CCN(C(=O)C4CCOCC4)C3)ncnc21. The van der Waals surface area contributed by atoms with Gasteiger partial charge in [-0.25, -0.2) is 15.0 Å². The molecule has 2 aliphatic heterocycles. The van der Waals surface area contributed by atoms with E-state index in [1.54, 1.807) is 19.4 Å². The highest BCUT2D eigenvalue weighted by Gasteiger charge is 2.33. The van der Waals surface area contributed by atoms with E-state index in [0.717, 1.165) is 30.7 Å². The molecule has 0 aliphatic carbocycles. The summed E-state index contributed by atoms with van der Waals surface area (Å²) in [4.78, 5) is 32.7. The second-order valence-electron chi connectivity index (χ2n) is 8.32. The van der Waals surface area contributed by atoms with E-state index in [4.69, 9.17) is 19.2 Å². The van der Waals surface area contributed by atoms with Gasteiger partial charge in [0.05, 0.1) is 13.7 Å². The van der Waals surface area contributed by atoms with Gasteiger partial charge in [-0.15, -0.1) is 0 Å². The van der Waals surface area contributed by atoms with Gasteiger partial charge in [-0.2, -0.15) is 4.98 Å². The zero-order valence-corrected chi connectivity index (χ0v) is 18.9. The van der Waals surface area contributed by atoms with Crippen molar-refractivity contribution in [3.8, 4) is 23.1 Å². The number of amides is 1. The van der Waals surface area contributed by atoms with Crippen molar-refractivity contribution in [2.75, 3.05) is 33.4 Å². The second kappa shape index (κ2) is 9.30. The zero-order valence-electron chi connectivity index (χ0n) is 18.9. The summed E-state index contributed by atoms with van der Waals surface area (Å²) in [6, 6.07) is 3.73. The van der Waals surface area contributed by atoms with Gasteiger partial charge >= 0.3 is 0 Å². The van der Waals surface area contributed by atoms with Crippen LogP contribution in [0.1, 0.15) is 26.2 Å². The third-order valence-electron chi connectivity index (χ3n) is 6.32. The van der Waals surface area contributed by atoms with Gasteiger partial charge < -0.3 is 23.7 Å². The fraction of sp³-hybridized carbons (Fsp3) is 0.522. The number of aromatic nitrogens is 5. The van der Waals surface area contributed by atoms with Crippen LogP contribution in [0.15, 0.2) is 24.7 Å². The summed E-state index contributed by atoms with van der Waals surface area (Å²) >= 11 is 0. The maximum Gasteiger partial charge on any atom is 0.245 e. The lowest BCUT2D eigenvalue weighted by Gasteiger charge is -2.26. The predicted octanol–water partition coefficient (Wildman–Crippen LogP) is 2.32. The molecule has 2 aliphatic rings. The number of aryl methyl sites for hydroxylation is 1. The van der Waals surface area contributed by atoms with Crippen molar-refractivity contribution in [3.05, 3.63) is 24.7 Å². The number of ether oxygens (including phenoxy) is 3. The highest BCUT2D eigenvalue weighted by molar-refractivity contribution is 5.81. The van der Waals surface area contributed by atoms with Crippen molar-refractivity contribution in [2.45, 2.75) is 38.8 Å². The van der Waals surface area contributed by atoms with Crippen molar-refractivity contribution < 1.29 is 19.0 Å². The van der Waals surface area contributed by atoms with Crippen LogP contribution in [-0.2, 0) is 16.1 Å². The standard InChI is InChI=1S/C23H28N6O4/c1-3-29-20(16-4-5-18(31-2)24-12-16)27-19-21(29)25-14-26-22(19)33-17-6-9-28(13-17)23(30)15-7-10-32-11-8-15/h4-5,12,14-15,17H,3,6-11,13H2,1-2H3. The first-order chi connectivity index (χ1) is 16.2. The first kappa shape index (κ1) is 21.6. The monoisotopic (exact) mass is 452 g/mol. The fourth-order valence-electron chi connectivity index (χ4n) is 4.54. The normalized spacial score (nSPS) is 19.2. The molecule has 1 atom stereocenters. The lowest BCUT2D eigenvalue weighted by atomic mass is 9.99. The highest BCUT2D eigenvalue weighted by Crippen LogP contribution is 2.30. The number of rotatable bonds is 6. The second-order valence-corrected chi connectivity index (χ2v) is 8.32. The maximum absolute atomic E-state index is 12.9. The van der Waals surface area contributed by atoms with E-state index in [-0.39, 0.29) is 17.9 Å². The van der Waals surface area contributed by atoms with Gasteiger partial charge in [0, 0.05) is 56.5 Å². The molecular formula is C23H28N6O4. The van der Waals surface area contributed by atoms with Crippen LogP contribution >= 0.6 is 0 Å². The molecule has 0 N–H and O–H groups in total. The van der Waals surface area contributed by atoms with Crippen LogP contribution in [0.4, 0.5) is 0 Å². The van der Waals surface area contributed by atoms with E-state index in [1.807, 2.05) is 22.5 Å². The lowest BCUT2D eigenvalue weighted by Crippen LogP contribution is -2.38. The van der Waals surface area contributed by atoms with Gasteiger partial charge in [0.25, 0.3) is 0 Å². The molecule has 0 radical (unpaired) electrons. The molecule has 3 aromatic heterocycles. The zero-order chi connectivity index (χ0) is 22.8. The van der Waals surface area contributed by atoms with Gasteiger partial charge in [-0.1, -0.05) is 0 Å². The molecule has 1 unspecified atom stereocenters. The Morgan fingerprint density at radius 2 is 2.03 bits per heavy atom. The van der Waals surface area contributed by atoms with Crippen molar-refractivity contribution >= 4 is 17.1 Å². The summed E-state index contributed by atoms with van der Waals surface area (Å²) in [5, 5.41) is 0. The van der Waals surface area contributed by atoms with Gasteiger partial charge in [-0.05, 0) is 25.8 Å². The number of nitrogens with zero attached hydrogens (tertiary/aromatic N) is 6. The van der Waals surface area contributed by atoms with E-state index in [1.165, 1.54) is 6.33 Å². The molecule has 0 aromatic carbocycles. The first-order valence-corrected chi connectivity index (χ1v) is 11.4. The molecule has 5 rings (SSSR count). The molecule has 3 aromatic rings. The number of carbonyl (C=O) groups excluding carboxylic acids is 1. The minimum atomic E-state index is -0.121. The van der Waals surface area contributed by atoms with Crippen molar-refractivity contribution in [1.82, 2.24) is 29.4 Å². The Labute approximate surface area is 191 Å². The summed E-state index contributed by atoms with van der Waals surface area (Å²) in [7, 11) is 1.59. The number of pyridine rings is 1. The molecule has 0 bridgehead atoms. The molecule has 10 nitrogen and oxygen atoms in total. The molecule has 174 valence electrons. The molecule has 33 heavy (non-hydrogen) atoms. The van der Waals surface area contributed by atoms with E-state index in [9.17, 15) is 4.79 Å². The Kier molecular flexibility index (Phi) is 6.08. The number of likely N-dealkylation sites (tertiary alicyclic amines) is 1.